The highest BCUT2D eigenvalue weighted by molar-refractivity contribution is 5.32. The molecule has 0 aliphatic rings. The highest BCUT2D eigenvalue weighted by atomic mass is 16.1. The second kappa shape index (κ2) is 4.27. The predicted molar refractivity (Wildman–Crippen MR) is 45.3 cm³/mol. The fourth-order valence-electron chi connectivity index (χ4n) is 1.15. The molecule has 0 unspecified atom stereocenters. The van der Waals surface area contributed by atoms with Crippen LogP contribution >= 0.6 is 0 Å². The number of isocyanates is 1. The molecule has 0 aromatic rings. The first-order valence-corrected chi connectivity index (χ1v) is 3.66. The monoisotopic (exact) mass is 156 g/mol. The van der Waals surface area contributed by atoms with Gasteiger partial charge in [-0.25, -0.2) is 9.79 Å². The van der Waals surface area contributed by atoms with Crippen molar-refractivity contribution >= 4 is 6.08 Å². The average Bonchev–Trinajstić information content (AvgIpc) is 1.81. The Morgan fingerprint density at radius 3 is 2.36 bits per heavy atom. The van der Waals surface area contributed by atoms with Crippen LogP contribution in [0, 0.1) is 5.41 Å². The Labute approximate surface area is 68.1 Å². The van der Waals surface area contributed by atoms with Gasteiger partial charge in [0.25, 0.3) is 0 Å². The van der Waals surface area contributed by atoms with E-state index in [0.29, 0.717) is 6.54 Å². The molecule has 0 amide bonds. The molecular weight excluding hydrogens is 140 g/mol. The lowest BCUT2D eigenvalue weighted by Gasteiger charge is -2.25. The number of hydrogen-bond donors (Lipinski definition) is 0. The summed E-state index contributed by atoms with van der Waals surface area (Å²) in [6.45, 7) is 5.63. The van der Waals surface area contributed by atoms with Gasteiger partial charge in [0, 0.05) is 6.54 Å². The Morgan fingerprint density at radius 1 is 1.45 bits per heavy atom. The summed E-state index contributed by atoms with van der Waals surface area (Å²) in [6.07, 6.45) is 1.55. The minimum absolute atomic E-state index is 0.0703. The van der Waals surface area contributed by atoms with Gasteiger partial charge in [-0.15, -0.1) is 0 Å². The molecule has 0 atom stereocenters. The van der Waals surface area contributed by atoms with E-state index >= 15 is 0 Å². The van der Waals surface area contributed by atoms with Gasteiger partial charge >= 0.3 is 0 Å². The van der Waals surface area contributed by atoms with Gasteiger partial charge in [-0.05, 0) is 19.5 Å². The molecule has 0 fully saturated rings. The number of carbonyl (C=O) groups excluding carboxylic acids is 1. The third-order valence-electron chi connectivity index (χ3n) is 1.32. The van der Waals surface area contributed by atoms with E-state index in [-0.39, 0.29) is 5.41 Å². The molecule has 0 radical (unpaired) electrons. The molecule has 3 heteroatoms. The zero-order valence-electron chi connectivity index (χ0n) is 7.72. The van der Waals surface area contributed by atoms with Crippen LogP contribution in [0.3, 0.4) is 0 Å². The zero-order valence-corrected chi connectivity index (χ0v) is 7.72. The van der Waals surface area contributed by atoms with Crippen molar-refractivity contribution in [1.82, 2.24) is 4.90 Å². The molecule has 0 aliphatic carbocycles. The largest absolute Gasteiger partial charge is 0.309 e. The maximum absolute atomic E-state index is 9.83. The second-order valence-electron chi connectivity index (χ2n) is 3.81. The maximum atomic E-state index is 9.83. The van der Waals surface area contributed by atoms with Crippen molar-refractivity contribution in [1.29, 1.82) is 0 Å². The fourth-order valence-corrected chi connectivity index (χ4v) is 1.15. The highest BCUT2D eigenvalue weighted by Crippen LogP contribution is 2.15. The van der Waals surface area contributed by atoms with Gasteiger partial charge in [0.1, 0.15) is 0 Å². The highest BCUT2D eigenvalue weighted by Gasteiger charge is 2.17. The van der Waals surface area contributed by atoms with Crippen molar-refractivity contribution < 1.29 is 4.79 Å². The standard InChI is InChI=1S/C8H16N2O/c1-8(2,5-9-7-11)6-10(3)4/h5-6H2,1-4H3. The van der Waals surface area contributed by atoms with E-state index in [1.54, 1.807) is 6.08 Å². The zero-order chi connectivity index (χ0) is 8.91. The normalized spacial score (nSPS) is 11.4. The molecule has 0 aliphatic heterocycles. The van der Waals surface area contributed by atoms with Crippen LogP contribution in [0.15, 0.2) is 4.99 Å². The van der Waals surface area contributed by atoms with Crippen molar-refractivity contribution in [3.63, 3.8) is 0 Å². The van der Waals surface area contributed by atoms with E-state index in [0.717, 1.165) is 6.54 Å². The lowest BCUT2D eigenvalue weighted by molar-refractivity contribution is 0.249. The predicted octanol–water partition coefficient (Wildman–Crippen LogP) is 0.910. The van der Waals surface area contributed by atoms with Crippen LogP contribution in [0.2, 0.25) is 0 Å². The third kappa shape index (κ3) is 5.77. The van der Waals surface area contributed by atoms with Crippen molar-refractivity contribution in [3.05, 3.63) is 0 Å². The Morgan fingerprint density at radius 2 is 2.00 bits per heavy atom. The van der Waals surface area contributed by atoms with Crippen molar-refractivity contribution in [3.8, 4) is 0 Å². The summed E-state index contributed by atoms with van der Waals surface area (Å²) < 4.78 is 0. The van der Waals surface area contributed by atoms with E-state index in [1.807, 2.05) is 14.1 Å². The second-order valence-corrected chi connectivity index (χ2v) is 3.81. The van der Waals surface area contributed by atoms with Crippen molar-refractivity contribution in [2.24, 2.45) is 10.4 Å². The van der Waals surface area contributed by atoms with E-state index in [2.05, 4.69) is 23.7 Å². The number of aliphatic imine (C=N–C) groups is 1. The lowest BCUT2D eigenvalue weighted by atomic mass is 9.93. The van der Waals surface area contributed by atoms with Crippen LogP contribution in [0.25, 0.3) is 0 Å². The summed E-state index contributed by atoms with van der Waals surface area (Å²) in [5, 5.41) is 0. The summed E-state index contributed by atoms with van der Waals surface area (Å²) in [4.78, 5) is 15.5. The lowest BCUT2D eigenvalue weighted by Crippen LogP contribution is -2.30. The number of nitrogens with zero attached hydrogens (tertiary/aromatic N) is 2. The van der Waals surface area contributed by atoms with E-state index in [9.17, 15) is 4.79 Å². The van der Waals surface area contributed by atoms with E-state index < -0.39 is 0 Å². The van der Waals surface area contributed by atoms with Crippen LogP contribution in [-0.2, 0) is 4.79 Å². The summed E-state index contributed by atoms with van der Waals surface area (Å²) in [7, 11) is 4.01. The van der Waals surface area contributed by atoms with Gasteiger partial charge in [-0.2, -0.15) is 0 Å². The summed E-state index contributed by atoms with van der Waals surface area (Å²) in [5.41, 5.74) is 0.0703. The Kier molecular flexibility index (Phi) is 4.01. The smallest absolute Gasteiger partial charge is 0.234 e. The van der Waals surface area contributed by atoms with Gasteiger partial charge in [-0.1, -0.05) is 13.8 Å². The van der Waals surface area contributed by atoms with Gasteiger partial charge in [0.15, 0.2) is 0 Å². The topological polar surface area (TPSA) is 32.7 Å². The van der Waals surface area contributed by atoms with Crippen LogP contribution in [-0.4, -0.2) is 38.2 Å². The summed E-state index contributed by atoms with van der Waals surface area (Å²) in [6, 6.07) is 0. The molecule has 0 rings (SSSR count). The molecule has 0 N–H and O–H groups in total. The number of rotatable bonds is 4. The van der Waals surface area contributed by atoms with Crippen LogP contribution in [0.1, 0.15) is 13.8 Å². The first kappa shape index (κ1) is 10.3. The third-order valence-corrected chi connectivity index (χ3v) is 1.32. The molecule has 0 saturated carbocycles. The van der Waals surface area contributed by atoms with Gasteiger partial charge in [0.05, 0.1) is 6.54 Å². The van der Waals surface area contributed by atoms with Crippen LogP contribution < -0.4 is 0 Å². The Balaban J connectivity index is 3.88. The van der Waals surface area contributed by atoms with E-state index in [1.165, 1.54) is 0 Å². The number of hydrogen-bond acceptors (Lipinski definition) is 3. The van der Waals surface area contributed by atoms with Crippen molar-refractivity contribution in [2.45, 2.75) is 13.8 Å². The molecule has 11 heavy (non-hydrogen) atoms. The van der Waals surface area contributed by atoms with Crippen molar-refractivity contribution in [2.75, 3.05) is 27.2 Å². The molecule has 0 heterocycles. The van der Waals surface area contributed by atoms with Crippen LogP contribution in [0.5, 0.6) is 0 Å². The molecule has 3 nitrogen and oxygen atoms in total. The van der Waals surface area contributed by atoms with Gasteiger partial charge in [0.2, 0.25) is 6.08 Å². The Hall–Kier alpha value is -0.660. The molecule has 64 valence electrons. The fraction of sp³-hybridized carbons (Fsp3) is 0.875. The minimum Gasteiger partial charge on any atom is -0.309 e. The minimum atomic E-state index is 0.0703. The summed E-state index contributed by atoms with van der Waals surface area (Å²) >= 11 is 0. The van der Waals surface area contributed by atoms with Gasteiger partial charge in [-0.3, -0.25) is 0 Å². The molecule has 0 saturated heterocycles. The molecule has 0 bridgehead atoms. The molecule has 0 aromatic heterocycles. The van der Waals surface area contributed by atoms with E-state index in [4.69, 9.17) is 0 Å². The average molecular weight is 156 g/mol. The first-order valence-electron chi connectivity index (χ1n) is 3.66. The SMILES string of the molecule is CN(C)CC(C)(C)CN=C=O. The molecular formula is C8H16N2O. The van der Waals surface area contributed by atoms with Gasteiger partial charge < -0.3 is 4.90 Å². The summed E-state index contributed by atoms with van der Waals surface area (Å²) in [5.74, 6) is 0. The first-order chi connectivity index (χ1) is 4.98. The maximum Gasteiger partial charge on any atom is 0.234 e. The molecule has 0 spiro atoms. The Bertz CT molecular complexity index is 157. The molecule has 0 aromatic carbocycles. The van der Waals surface area contributed by atoms with Crippen LogP contribution in [0.4, 0.5) is 0 Å². The quantitative estimate of drug-likeness (QED) is 0.447.